The Morgan fingerprint density at radius 3 is 2.59 bits per heavy atom. The number of fused-ring (bicyclic) bond motifs is 2. The van der Waals surface area contributed by atoms with Gasteiger partial charge in [-0.15, -0.1) is 11.8 Å². The molecule has 0 saturated carbocycles. The number of nitrogens with zero attached hydrogens (tertiary/aromatic N) is 4. The Kier molecular flexibility index (Phi) is 4.90. The van der Waals surface area contributed by atoms with Crippen molar-refractivity contribution in [3.63, 3.8) is 0 Å². The Balaban J connectivity index is 1.56. The fraction of sp³-hybridized carbons (Fsp3) is 0.238. The second kappa shape index (κ2) is 7.48. The van der Waals surface area contributed by atoms with Crippen molar-refractivity contribution in [3.05, 3.63) is 71.0 Å². The lowest BCUT2D eigenvalue weighted by Crippen LogP contribution is -2.21. The molecule has 0 aliphatic heterocycles. The third-order valence-corrected chi connectivity index (χ3v) is 5.62. The Morgan fingerprint density at radius 1 is 1.00 bits per heavy atom. The zero-order valence-electron chi connectivity index (χ0n) is 15.3. The van der Waals surface area contributed by atoms with Gasteiger partial charge < -0.3 is 0 Å². The normalized spacial score (nSPS) is 12.5. The number of rotatable bonds is 5. The maximum absolute atomic E-state index is 12.8. The van der Waals surface area contributed by atoms with E-state index in [1.807, 2.05) is 30.5 Å². The minimum Gasteiger partial charge on any atom is -0.299 e. The first-order valence-electron chi connectivity index (χ1n) is 8.89. The quantitative estimate of drug-likeness (QED) is 0.487. The monoisotopic (exact) mass is 376 g/mol. The average Bonchev–Trinajstić information content (AvgIpc) is 2.72. The molecule has 0 fully saturated rings. The molecule has 4 aromatic rings. The summed E-state index contributed by atoms with van der Waals surface area (Å²) in [6, 6.07) is 12.0. The summed E-state index contributed by atoms with van der Waals surface area (Å²) in [5.41, 5.74) is 3.76. The Bertz CT molecular complexity index is 1170. The molecule has 0 N–H and O–H groups in total. The molecule has 4 rings (SSSR count). The summed E-state index contributed by atoms with van der Waals surface area (Å²) in [6.45, 7) is 2.80. The molecule has 2 aromatic carbocycles. The van der Waals surface area contributed by atoms with E-state index >= 15 is 0 Å². The maximum atomic E-state index is 12.8. The summed E-state index contributed by atoms with van der Waals surface area (Å²) in [5.74, 6) is 0.302. The van der Waals surface area contributed by atoms with Gasteiger partial charge in [0.05, 0.1) is 28.3 Å². The van der Waals surface area contributed by atoms with Crippen molar-refractivity contribution in [3.8, 4) is 0 Å². The average molecular weight is 376 g/mol. The van der Waals surface area contributed by atoms with Crippen molar-refractivity contribution < 1.29 is 0 Å². The van der Waals surface area contributed by atoms with Crippen LogP contribution < -0.4 is 5.56 Å². The first kappa shape index (κ1) is 17.7. The Hall–Kier alpha value is -2.73. The minimum atomic E-state index is 0.0208. The van der Waals surface area contributed by atoms with Crippen LogP contribution in [0.15, 0.2) is 64.8 Å². The number of aryl methyl sites for hydroxylation is 1. The van der Waals surface area contributed by atoms with Crippen LogP contribution in [-0.4, -0.2) is 25.8 Å². The van der Waals surface area contributed by atoms with Crippen molar-refractivity contribution in [1.82, 2.24) is 19.5 Å². The smallest absolute Gasteiger partial charge is 0.261 e. The Labute approximate surface area is 161 Å². The number of hydrogen-bond donors (Lipinski definition) is 0. The van der Waals surface area contributed by atoms with E-state index in [4.69, 9.17) is 0 Å². The van der Waals surface area contributed by atoms with Gasteiger partial charge in [-0.2, -0.15) is 0 Å². The third kappa shape index (κ3) is 3.57. The SMILES string of the molecule is CSc1ccc2ncn(CCC(C)c3ccc4nccnc4c3)c(=O)c2c1. The second-order valence-electron chi connectivity index (χ2n) is 6.62. The van der Waals surface area contributed by atoms with Crippen molar-refractivity contribution in [1.29, 1.82) is 0 Å². The molecule has 6 heteroatoms. The van der Waals surface area contributed by atoms with E-state index in [0.29, 0.717) is 17.8 Å². The maximum Gasteiger partial charge on any atom is 0.261 e. The van der Waals surface area contributed by atoms with Crippen LogP contribution in [-0.2, 0) is 6.54 Å². The number of thioether (sulfide) groups is 1. The molecule has 1 atom stereocenters. The molecule has 0 amide bonds. The highest BCUT2D eigenvalue weighted by Crippen LogP contribution is 2.23. The van der Waals surface area contributed by atoms with Crippen molar-refractivity contribution in [2.45, 2.75) is 30.7 Å². The third-order valence-electron chi connectivity index (χ3n) is 4.90. The molecular weight excluding hydrogens is 356 g/mol. The van der Waals surface area contributed by atoms with E-state index < -0.39 is 0 Å². The van der Waals surface area contributed by atoms with Crippen LogP contribution in [0.3, 0.4) is 0 Å². The molecule has 5 nitrogen and oxygen atoms in total. The van der Waals surface area contributed by atoms with Gasteiger partial charge in [0.1, 0.15) is 0 Å². The summed E-state index contributed by atoms with van der Waals surface area (Å²) in [4.78, 5) is 27.0. The number of benzene rings is 2. The van der Waals surface area contributed by atoms with E-state index in [2.05, 4.69) is 34.0 Å². The van der Waals surface area contributed by atoms with Gasteiger partial charge in [0.2, 0.25) is 0 Å². The summed E-state index contributed by atoms with van der Waals surface area (Å²) in [7, 11) is 0. The molecule has 27 heavy (non-hydrogen) atoms. The second-order valence-corrected chi connectivity index (χ2v) is 7.50. The summed E-state index contributed by atoms with van der Waals surface area (Å²) in [5, 5.41) is 0.679. The van der Waals surface area contributed by atoms with Crippen LogP contribution in [0.4, 0.5) is 0 Å². The highest BCUT2D eigenvalue weighted by Gasteiger charge is 2.10. The molecule has 1 unspecified atom stereocenters. The highest BCUT2D eigenvalue weighted by atomic mass is 32.2. The fourth-order valence-electron chi connectivity index (χ4n) is 3.21. The van der Waals surface area contributed by atoms with Gasteiger partial charge >= 0.3 is 0 Å². The number of aromatic nitrogens is 4. The van der Waals surface area contributed by atoms with Gasteiger partial charge in [-0.1, -0.05) is 13.0 Å². The summed E-state index contributed by atoms with van der Waals surface area (Å²) < 4.78 is 1.71. The minimum absolute atomic E-state index is 0.0208. The lowest BCUT2D eigenvalue weighted by Gasteiger charge is -2.14. The predicted molar refractivity (Wildman–Crippen MR) is 110 cm³/mol. The number of hydrogen-bond acceptors (Lipinski definition) is 5. The van der Waals surface area contributed by atoms with Gasteiger partial charge in [0, 0.05) is 23.8 Å². The van der Waals surface area contributed by atoms with E-state index in [0.717, 1.165) is 27.9 Å². The molecule has 2 heterocycles. The van der Waals surface area contributed by atoms with Crippen LogP contribution >= 0.6 is 11.8 Å². The molecule has 0 aliphatic carbocycles. The summed E-state index contributed by atoms with van der Waals surface area (Å²) >= 11 is 1.63. The lowest BCUT2D eigenvalue weighted by molar-refractivity contribution is 0.560. The van der Waals surface area contributed by atoms with Gasteiger partial charge in [0.25, 0.3) is 5.56 Å². The molecule has 0 radical (unpaired) electrons. The van der Waals surface area contributed by atoms with Crippen LogP contribution in [0, 0.1) is 0 Å². The molecule has 2 aromatic heterocycles. The van der Waals surface area contributed by atoms with Crippen LogP contribution in [0.5, 0.6) is 0 Å². The van der Waals surface area contributed by atoms with Gasteiger partial charge in [0.15, 0.2) is 0 Å². The Morgan fingerprint density at radius 2 is 1.78 bits per heavy atom. The standard InChI is InChI=1S/C21H20N4OS/c1-14(15-3-5-19-20(11-15)23-9-8-22-19)7-10-25-13-24-18-6-4-16(27-2)12-17(18)21(25)26/h3-6,8-9,11-14H,7,10H2,1-2H3. The van der Waals surface area contributed by atoms with E-state index in [-0.39, 0.29) is 5.56 Å². The predicted octanol–water partition coefficient (Wildman–Crippen LogP) is 4.26. The molecular formula is C21H20N4OS. The van der Waals surface area contributed by atoms with Crippen LogP contribution in [0.1, 0.15) is 24.8 Å². The molecule has 0 aliphatic rings. The molecule has 136 valence electrons. The first-order valence-corrected chi connectivity index (χ1v) is 10.1. The molecule has 0 bridgehead atoms. The highest BCUT2D eigenvalue weighted by molar-refractivity contribution is 7.98. The van der Waals surface area contributed by atoms with Crippen LogP contribution in [0.2, 0.25) is 0 Å². The van der Waals surface area contributed by atoms with Crippen molar-refractivity contribution >= 4 is 33.7 Å². The van der Waals surface area contributed by atoms with E-state index in [9.17, 15) is 4.79 Å². The van der Waals surface area contributed by atoms with Crippen LogP contribution in [0.25, 0.3) is 21.9 Å². The van der Waals surface area contributed by atoms with Gasteiger partial charge in [-0.3, -0.25) is 19.3 Å². The molecule has 0 spiro atoms. The van der Waals surface area contributed by atoms with E-state index in [1.54, 1.807) is 35.0 Å². The summed E-state index contributed by atoms with van der Waals surface area (Å²) in [6.07, 6.45) is 7.92. The van der Waals surface area contributed by atoms with Gasteiger partial charge in [-0.25, -0.2) is 4.98 Å². The van der Waals surface area contributed by atoms with Crippen molar-refractivity contribution in [2.24, 2.45) is 0 Å². The van der Waals surface area contributed by atoms with E-state index in [1.165, 1.54) is 5.56 Å². The first-order chi connectivity index (χ1) is 13.2. The van der Waals surface area contributed by atoms with Crippen molar-refractivity contribution in [2.75, 3.05) is 6.26 Å². The fourth-order valence-corrected chi connectivity index (χ4v) is 3.65. The van der Waals surface area contributed by atoms with Gasteiger partial charge in [-0.05, 0) is 54.5 Å². The zero-order valence-corrected chi connectivity index (χ0v) is 16.1. The topological polar surface area (TPSA) is 60.7 Å². The lowest BCUT2D eigenvalue weighted by atomic mass is 9.97. The zero-order chi connectivity index (χ0) is 18.8. The molecule has 0 saturated heterocycles. The largest absolute Gasteiger partial charge is 0.299 e.